The molecule has 0 aliphatic heterocycles. The van der Waals surface area contributed by atoms with E-state index in [0.717, 1.165) is 6.54 Å². The highest BCUT2D eigenvalue weighted by Crippen LogP contribution is 2.19. The molecule has 0 amide bonds. The van der Waals surface area contributed by atoms with E-state index in [1.54, 1.807) is 6.92 Å². The topological polar surface area (TPSA) is 32.3 Å². The monoisotopic (exact) mass is 199 g/mol. The van der Waals surface area contributed by atoms with Gasteiger partial charge in [-0.15, -0.1) is 11.3 Å². The Labute approximate surface area is 83.6 Å². The van der Waals surface area contributed by atoms with Crippen LogP contribution in [0.2, 0.25) is 0 Å². The second-order valence-corrected chi connectivity index (χ2v) is 4.77. The van der Waals surface area contributed by atoms with E-state index in [1.165, 1.54) is 15.3 Å². The van der Waals surface area contributed by atoms with Gasteiger partial charge in [0.15, 0.2) is 0 Å². The summed E-state index contributed by atoms with van der Waals surface area (Å²) in [6, 6.07) is 2.20. The van der Waals surface area contributed by atoms with Gasteiger partial charge in [0.2, 0.25) is 0 Å². The van der Waals surface area contributed by atoms with Gasteiger partial charge in [0.05, 0.1) is 6.10 Å². The first-order valence-electron chi connectivity index (χ1n) is 4.54. The number of nitrogens with one attached hydrogen (secondary N) is 1. The lowest BCUT2D eigenvalue weighted by Gasteiger charge is -2.04. The molecular weight excluding hydrogens is 182 g/mol. The molecule has 1 atom stereocenters. The molecule has 3 heteroatoms. The third-order valence-electron chi connectivity index (χ3n) is 1.96. The molecule has 0 aliphatic carbocycles. The van der Waals surface area contributed by atoms with Crippen molar-refractivity contribution >= 4 is 11.3 Å². The van der Waals surface area contributed by atoms with Crippen LogP contribution in [-0.4, -0.2) is 17.8 Å². The highest BCUT2D eigenvalue weighted by Gasteiger charge is 2.01. The molecule has 0 aromatic carbocycles. The van der Waals surface area contributed by atoms with Gasteiger partial charge < -0.3 is 10.4 Å². The van der Waals surface area contributed by atoms with Crippen LogP contribution >= 0.6 is 11.3 Å². The van der Waals surface area contributed by atoms with Crippen molar-refractivity contribution in [1.82, 2.24) is 5.32 Å². The van der Waals surface area contributed by atoms with E-state index >= 15 is 0 Å². The molecule has 74 valence electrons. The number of thiophene rings is 1. The van der Waals surface area contributed by atoms with Gasteiger partial charge in [-0.2, -0.15) is 0 Å². The molecule has 0 fully saturated rings. The lowest BCUT2D eigenvalue weighted by atomic mass is 10.3. The minimum Gasteiger partial charge on any atom is -0.392 e. The molecule has 0 bridgehead atoms. The Morgan fingerprint density at radius 2 is 2.23 bits per heavy atom. The van der Waals surface area contributed by atoms with Gasteiger partial charge in [-0.3, -0.25) is 0 Å². The van der Waals surface area contributed by atoms with Gasteiger partial charge in [-0.25, -0.2) is 0 Å². The van der Waals surface area contributed by atoms with Crippen LogP contribution < -0.4 is 5.32 Å². The molecule has 2 nitrogen and oxygen atoms in total. The molecule has 1 aromatic heterocycles. The summed E-state index contributed by atoms with van der Waals surface area (Å²) < 4.78 is 0. The summed E-state index contributed by atoms with van der Waals surface area (Å²) in [6.45, 7) is 7.58. The minimum absolute atomic E-state index is 0.262. The van der Waals surface area contributed by atoms with Gasteiger partial charge in [0, 0.05) is 22.8 Å². The van der Waals surface area contributed by atoms with Crippen LogP contribution in [0, 0.1) is 13.8 Å². The fraction of sp³-hybridized carbons (Fsp3) is 0.600. The largest absolute Gasteiger partial charge is 0.392 e. The molecule has 0 spiro atoms. The van der Waals surface area contributed by atoms with E-state index in [2.05, 4.69) is 25.2 Å². The number of aryl methyl sites for hydroxylation is 2. The van der Waals surface area contributed by atoms with E-state index in [1.807, 2.05) is 11.3 Å². The van der Waals surface area contributed by atoms with Gasteiger partial charge in [-0.1, -0.05) is 0 Å². The fourth-order valence-electron chi connectivity index (χ4n) is 1.14. The third-order valence-corrected chi connectivity index (χ3v) is 3.11. The second kappa shape index (κ2) is 4.74. The molecule has 0 saturated carbocycles. The smallest absolute Gasteiger partial charge is 0.0636 e. The SMILES string of the molecule is Cc1cc(CNC[C@@H](C)O)sc1C. The van der Waals surface area contributed by atoms with Crippen molar-refractivity contribution in [3.8, 4) is 0 Å². The molecule has 1 aromatic rings. The fourth-order valence-corrected chi connectivity index (χ4v) is 2.16. The van der Waals surface area contributed by atoms with Crippen LogP contribution in [0.15, 0.2) is 6.07 Å². The van der Waals surface area contributed by atoms with Crippen molar-refractivity contribution in [1.29, 1.82) is 0 Å². The Kier molecular flexibility index (Phi) is 3.90. The Morgan fingerprint density at radius 3 is 2.69 bits per heavy atom. The molecule has 1 heterocycles. The number of hydrogen-bond donors (Lipinski definition) is 2. The molecule has 0 saturated heterocycles. The predicted molar refractivity (Wildman–Crippen MR) is 57.2 cm³/mol. The zero-order valence-electron chi connectivity index (χ0n) is 8.42. The molecule has 0 aliphatic rings. The maximum absolute atomic E-state index is 9.03. The van der Waals surface area contributed by atoms with Crippen LogP contribution in [0.1, 0.15) is 22.2 Å². The van der Waals surface area contributed by atoms with Crippen molar-refractivity contribution in [2.24, 2.45) is 0 Å². The summed E-state index contributed by atoms with van der Waals surface area (Å²) in [6.07, 6.45) is -0.262. The van der Waals surface area contributed by atoms with Crippen molar-refractivity contribution < 1.29 is 5.11 Å². The maximum atomic E-state index is 9.03. The number of hydrogen-bond acceptors (Lipinski definition) is 3. The molecule has 2 N–H and O–H groups in total. The van der Waals surface area contributed by atoms with Crippen LogP contribution in [0.3, 0.4) is 0 Å². The highest BCUT2D eigenvalue weighted by molar-refractivity contribution is 7.12. The number of aliphatic hydroxyl groups excluding tert-OH is 1. The Morgan fingerprint density at radius 1 is 1.54 bits per heavy atom. The summed E-state index contributed by atoms with van der Waals surface area (Å²) in [5, 5.41) is 12.2. The standard InChI is InChI=1S/C10H17NOS/c1-7-4-10(13-9(7)3)6-11-5-8(2)12/h4,8,11-12H,5-6H2,1-3H3/t8-/m1/s1. The average molecular weight is 199 g/mol. The lowest BCUT2D eigenvalue weighted by molar-refractivity contribution is 0.191. The first-order valence-corrected chi connectivity index (χ1v) is 5.36. The molecule has 0 radical (unpaired) electrons. The van der Waals surface area contributed by atoms with E-state index in [-0.39, 0.29) is 6.10 Å². The Balaban J connectivity index is 2.37. The van der Waals surface area contributed by atoms with Crippen LogP contribution in [0.4, 0.5) is 0 Å². The van der Waals surface area contributed by atoms with Gasteiger partial charge in [0.1, 0.15) is 0 Å². The molecule has 1 rings (SSSR count). The lowest BCUT2D eigenvalue weighted by Crippen LogP contribution is -2.23. The maximum Gasteiger partial charge on any atom is 0.0636 e. The highest BCUT2D eigenvalue weighted by atomic mass is 32.1. The number of rotatable bonds is 4. The third kappa shape index (κ3) is 3.46. The summed E-state index contributed by atoms with van der Waals surface area (Å²) in [5.41, 5.74) is 1.36. The van der Waals surface area contributed by atoms with Crippen molar-refractivity contribution in [3.05, 3.63) is 21.4 Å². The van der Waals surface area contributed by atoms with Gasteiger partial charge in [-0.05, 0) is 32.4 Å². The molecule has 0 unspecified atom stereocenters. The Hall–Kier alpha value is -0.380. The van der Waals surface area contributed by atoms with E-state index in [4.69, 9.17) is 5.11 Å². The minimum atomic E-state index is -0.262. The van der Waals surface area contributed by atoms with Crippen molar-refractivity contribution in [2.45, 2.75) is 33.4 Å². The molecular formula is C10H17NOS. The first-order chi connectivity index (χ1) is 6.09. The Bertz CT molecular complexity index is 248. The summed E-state index contributed by atoms with van der Waals surface area (Å²) in [7, 11) is 0. The van der Waals surface area contributed by atoms with Gasteiger partial charge >= 0.3 is 0 Å². The van der Waals surface area contributed by atoms with Crippen LogP contribution in [-0.2, 0) is 6.54 Å². The zero-order chi connectivity index (χ0) is 9.84. The summed E-state index contributed by atoms with van der Waals surface area (Å²) >= 11 is 1.82. The summed E-state index contributed by atoms with van der Waals surface area (Å²) in [5.74, 6) is 0. The van der Waals surface area contributed by atoms with Gasteiger partial charge in [0.25, 0.3) is 0 Å². The first kappa shape index (κ1) is 10.7. The normalized spacial score (nSPS) is 13.2. The van der Waals surface area contributed by atoms with Crippen molar-refractivity contribution in [2.75, 3.05) is 6.54 Å². The molecule has 13 heavy (non-hydrogen) atoms. The van der Waals surface area contributed by atoms with Crippen LogP contribution in [0.25, 0.3) is 0 Å². The second-order valence-electron chi connectivity index (χ2n) is 3.43. The van der Waals surface area contributed by atoms with Crippen molar-refractivity contribution in [3.63, 3.8) is 0 Å². The predicted octanol–water partition coefficient (Wildman–Crippen LogP) is 1.84. The van der Waals surface area contributed by atoms with E-state index in [0.29, 0.717) is 6.54 Å². The van der Waals surface area contributed by atoms with E-state index < -0.39 is 0 Å². The number of aliphatic hydroxyl groups is 1. The summed E-state index contributed by atoms with van der Waals surface area (Å²) in [4.78, 5) is 2.73. The zero-order valence-corrected chi connectivity index (χ0v) is 9.24. The van der Waals surface area contributed by atoms with Crippen LogP contribution in [0.5, 0.6) is 0 Å². The van der Waals surface area contributed by atoms with E-state index in [9.17, 15) is 0 Å². The quantitative estimate of drug-likeness (QED) is 0.775. The average Bonchev–Trinajstić information content (AvgIpc) is 2.30.